The lowest BCUT2D eigenvalue weighted by atomic mass is 10.0. The third kappa shape index (κ3) is 3.62. The van der Waals surface area contributed by atoms with Crippen molar-refractivity contribution in [3.63, 3.8) is 0 Å². The van der Waals surface area contributed by atoms with Gasteiger partial charge in [-0.3, -0.25) is 4.79 Å². The molecule has 26 heavy (non-hydrogen) atoms. The number of hydrogen-bond donors (Lipinski definition) is 1. The van der Waals surface area contributed by atoms with Gasteiger partial charge >= 0.3 is 0 Å². The lowest BCUT2D eigenvalue weighted by Gasteiger charge is -2.10. The second-order valence-electron chi connectivity index (χ2n) is 5.75. The van der Waals surface area contributed by atoms with Gasteiger partial charge in [-0.2, -0.15) is 5.26 Å². The van der Waals surface area contributed by atoms with Crippen LogP contribution in [0.25, 0.3) is 11.1 Å². The molecular formula is C20H14F2N2O2. The number of nitriles is 1. The van der Waals surface area contributed by atoms with E-state index in [1.54, 1.807) is 37.3 Å². The van der Waals surface area contributed by atoms with Crippen molar-refractivity contribution in [3.8, 4) is 22.9 Å². The number of nitrogens with one attached hydrogen (secondary N) is 1. The Morgan fingerprint density at radius 2 is 1.92 bits per heavy atom. The molecule has 0 aliphatic heterocycles. The second-order valence-corrected chi connectivity index (χ2v) is 5.75. The molecule has 0 unspecified atom stereocenters. The fourth-order valence-corrected chi connectivity index (χ4v) is 2.58. The summed E-state index contributed by atoms with van der Waals surface area (Å²) in [6.45, 7) is 1.79. The molecule has 3 aromatic rings. The Balaban J connectivity index is 1.88. The Morgan fingerprint density at radius 1 is 1.12 bits per heavy atom. The molecule has 1 N–H and O–H groups in total. The molecule has 0 bridgehead atoms. The van der Waals surface area contributed by atoms with E-state index < -0.39 is 17.2 Å². The van der Waals surface area contributed by atoms with Crippen LogP contribution in [-0.4, -0.2) is 4.98 Å². The molecule has 0 saturated carbocycles. The van der Waals surface area contributed by atoms with Crippen LogP contribution in [0.5, 0.6) is 5.75 Å². The van der Waals surface area contributed by atoms with Crippen molar-refractivity contribution < 1.29 is 13.5 Å². The molecule has 1 heterocycles. The van der Waals surface area contributed by atoms with Crippen LogP contribution in [0.1, 0.15) is 16.8 Å². The fraction of sp³-hybridized carbons (Fsp3) is 0.100. The summed E-state index contributed by atoms with van der Waals surface area (Å²) in [6, 6.07) is 14.1. The van der Waals surface area contributed by atoms with Crippen molar-refractivity contribution in [2.24, 2.45) is 0 Å². The summed E-state index contributed by atoms with van der Waals surface area (Å²) in [7, 11) is 0. The summed E-state index contributed by atoms with van der Waals surface area (Å²) < 4.78 is 31.8. The highest BCUT2D eigenvalue weighted by molar-refractivity contribution is 5.71. The highest BCUT2D eigenvalue weighted by Gasteiger charge is 2.11. The Kier molecular flexibility index (Phi) is 4.81. The van der Waals surface area contributed by atoms with E-state index in [2.05, 4.69) is 4.98 Å². The zero-order valence-corrected chi connectivity index (χ0v) is 13.8. The SMILES string of the molecule is Cc1cc(-c2cccc(OCc3ccc(F)c(F)c3)c2)c(C#N)c(=O)[nH]1. The number of benzene rings is 2. The first kappa shape index (κ1) is 17.4. The van der Waals surface area contributed by atoms with Crippen molar-refractivity contribution >= 4 is 0 Å². The van der Waals surface area contributed by atoms with Crippen LogP contribution in [-0.2, 0) is 6.61 Å². The Bertz CT molecular complexity index is 1070. The van der Waals surface area contributed by atoms with Gasteiger partial charge in [0.05, 0.1) is 0 Å². The minimum absolute atomic E-state index is 0.0216. The van der Waals surface area contributed by atoms with Gasteiger partial charge in [0, 0.05) is 11.3 Å². The van der Waals surface area contributed by atoms with Gasteiger partial charge in [0.25, 0.3) is 5.56 Å². The Morgan fingerprint density at radius 3 is 2.65 bits per heavy atom. The largest absolute Gasteiger partial charge is 0.489 e. The van der Waals surface area contributed by atoms with Crippen molar-refractivity contribution in [3.05, 3.63) is 87.3 Å². The average molecular weight is 352 g/mol. The number of pyridine rings is 1. The summed E-state index contributed by atoms with van der Waals surface area (Å²) in [6.07, 6.45) is 0. The van der Waals surface area contributed by atoms with Crippen LogP contribution < -0.4 is 10.3 Å². The van der Waals surface area contributed by atoms with Gasteiger partial charge in [-0.1, -0.05) is 18.2 Å². The zero-order valence-electron chi connectivity index (χ0n) is 13.8. The van der Waals surface area contributed by atoms with Gasteiger partial charge in [0.1, 0.15) is 24.0 Å². The average Bonchev–Trinajstić information content (AvgIpc) is 2.62. The summed E-state index contributed by atoms with van der Waals surface area (Å²) >= 11 is 0. The van der Waals surface area contributed by atoms with Crippen molar-refractivity contribution in [2.45, 2.75) is 13.5 Å². The van der Waals surface area contributed by atoms with E-state index in [1.807, 2.05) is 6.07 Å². The van der Waals surface area contributed by atoms with E-state index in [0.29, 0.717) is 28.1 Å². The summed E-state index contributed by atoms with van der Waals surface area (Å²) in [4.78, 5) is 14.5. The monoisotopic (exact) mass is 352 g/mol. The van der Waals surface area contributed by atoms with E-state index in [9.17, 15) is 18.8 Å². The molecule has 4 nitrogen and oxygen atoms in total. The first-order valence-corrected chi connectivity index (χ1v) is 7.79. The number of nitrogens with zero attached hydrogens (tertiary/aromatic N) is 1. The molecule has 0 aliphatic carbocycles. The molecule has 0 atom stereocenters. The Hall–Kier alpha value is -3.46. The number of aryl methyl sites for hydroxylation is 1. The van der Waals surface area contributed by atoms with Crippen LogP contribution in [0.2, 0.25) is 0 Å². The molecule has 130 valence electrons. The molecule has 0 radical (unpaired) electrons. The number of aromatic amines is 1. The van der Waals surface area contributed by atoms with E-state index in [1.165, 1.54) is 6.07 Å². The molecule has 0 fully saturated rings. The van der Waals surface area contributed by atoms with Crippen LogP contribution in [0.4, 0.5) is 8.78 Å². The topological polar surface area (TPSA) is 65.9 Å². The molecule has 3 rings (SSSR count). The molecule has 0 spiro atoms. The van der Waals surface area contributed by atoms with E-state index in [-0.39, 0.29) is 12.2 Å². The Labute approximate surface area is 148 Å². The normalized spacial score (nSPS) is 10.4. The number of H-pyrrole nitrogens is 1. The van der Waals surface area contributed by atoms with Crippen molar-refractivity contribution in [1.82, 2.24) is 4.98 Å². The minimum Gasteiger partial charge on any atom is -0.489 e. The summed E-state index contributed by atoms with van der Waals surface area (Å²) in [5.74, 6) is -1.36. The lowest BCUT2D eigenvalue weighted by Crippen LogP contribution is -2.12. The van der Waals surface area contributed by atoms with Crippen LogP contribution in [0.15, 0.2) is 53.3 Å². The van der Waals surface area contributed by atoms with Crippen LogP contribution >= 0.6 is 0 Å². The number of aromatic nitrogens is 1. The van der Waals surface area contributed by atoms with Crippen LogP contribution in [0.3, 0.4) is 0 Å². The molecule has 0 amide bonds. The van der Waals surface area contributed by atoms with Gasteiger partial charge < -0.3 is 9.72 Å². The van der Waals surface area contributed by atoms with Gasteiger partial charge in [-0.05, 0) is 48.4 Å². The molecule has 0 aliphatic rings. The molecule has 2 aromatic carbocycles. The maximum absolute atomic E-state index is 13.3. The summed E-state index contributed by atoms with van der Waals surface area (Å²) in [5.41, 5.74) is 1.85. The summed E-state index contributed by atoms with van der Waals surface area (Å²) in [5, 5.41) is 9.25. The predicted molar refractivity (Wildman–Crippen MR) is 92.6 cm³/mol. The second kappa shape index (κ2) is 7.19. The van der Waals surface area contributed by atoms with Gasteiger partial charge in [-0.15, -0.1) is 0 Å². The molecule has 1 aromatic heterocycles. The first-order valence-electron chi connectivity index (χ1n) is 7.79. The highest BCUT2D eigenvalue weighted by atomic mass is 19.2. The zero-order chi connectivity index (χ0) is 18.7. The fourth-order valence-electron chi connectivity index (χ4n) is 2.58. The van der Waals surface area contributed by atoms with Gasteiger partial charge in [-0.25, -0.2) is 8.78 Å². The number of rotatable bonds is 4. The molecule has 6 heteroatoms. The van der Waals surface area contributed by atoms with E-state index in [4.69, 9.17) is 4.74 Å². The number of hydrogen-bond acceptors (Lipinski definition) is 3. The van der Waals surface area contributed by atoms with Crippen LogP contribution in [0, 0.1) is 29.9 Å². The standard InChI is InChI=1S/C20H14F2N2O2/c1-12-7-16(17(10-23)20(25)24-12)14-3-2-4-15(9-14)26-11-13-5-6-18(21)19(22)8-13/h2-9H,11H2,1H3,(H,24,25). The van der Waals surface area contributed by atoms with Gasteiger partial charge in [0.15, 0.2) is 11.6 Å². The number of ether oxygens (including phenoxy) is 1. The predicted octanol–water partition coefficient (Wildman–Crippen LogP) is 4.08. The smallest absolute Gasteiger partial charge is 0.266 e. The maximum atomic E-state index is 13.3. The van der Waals surface area contributed by atoms with Gasteiger partial charge in [0.2, 0.25) is 0 Å². The quantitative estimate of drug-likeness (QED) is 0.769. The third-order valence-electron chi connectivity index (χ3n) is 3.81. The van der Waals surface area contributed by atoms with Crippen molar-refractivity contribution in [1.29, 1.82) is 5.26 Å². The molecular weight excluding hydrogens is 338 g/mol. The highest BCUT2D eigenvalue weighted by Crippen LogP contribution is 2.26. The molecule has 0 saturated heterocycles. The third-order valence-corrected chi connectivity index (χ3v) is 3.81. The van der Waals surface area contributed by atoms with E-state index in [0.717, 1.165) is 12.1 Å². The maximum Gasteiger partial charge on any atom is 0.266 e. The van der Waals surface area contributed by atoms with Crippen molar-refractivity contribution in [2.75, 3.05) is 0 Å². The lowest BCUT2D eigenvalue weighted by molar-refractivity contribution is 0.305. The minimum atomic E-state index is -0.933. The number of halogens is 2. The first-order chi connectivity index (χ1) is 12.5. The van der Waals surface area contributed by atoms with E-state index >= 15 is 0 Å².